The standard InChI is InChI=1S/C17H17NO3/c1-2-18-17(21)15-5-3-4-14(11-15)13-8-6-12(7-9-13)10-16(19)20/h3-9,11H,2,10H2,1H3,(H,18,21)(H,19,20). The monoisotopic (exact) mass is 283 g/mol. The smallest absolute Gasteiger partial charge is 0.307 e. The largest absolute Gasteiger partial charge is 0.481 e. The summed E-state index contributed by atoms with van der Waals surface area (Å²) in [5.41, 5.74) is 3.26. The molecule has 0 radical (unpaired) electrons. The van der Waals surface area contributed by atoms with Crippen LogP contribution in [0.4, 0.5) is 0 Å². The summed E-state index contributed by atoms with van der Waals surface area (Å²) in [7, 11) is 0. The molecule has 2 N–H and O–H groups in total. The minimum absolute atomic E-state index is 0.0131. The summed E-state index contributed by atoms with van der Waals surface area (Å²) in [4.78, 5) is 22.5. The van der Waals surface area contributed by atoms with Crippen LogP contribution in [0.3, 0.4) is 0 Å². The number of benzene rings is 2. The molecule has 108 valence electrons. The van der Waals surface area contributed by atoms with Crippen molar-refractivity contribution in [3.05, 3.63) is 59.7 Å². The van der Waals surface area contributed by atoms with Crippen LogP contribution in [0.1, 0.15) is 22.8 Å². The van der Waals surface area contributed by atoms with E-state index in [0.29, 0.717) is 12.1 Å². The maximum absolute atomic E-state index is 11.8. The van der Waals surface area contributed by atoms with Gasteiger partial charge in [0.05, 0.1) is 6.42 Å². The molecule has 21 heavy (non-hydrogen) atoms. The SMILES string of the molecule is CCNC(=O)c1cccc(-c2ccc(CC(=O)O)cc2)c1. The van der Waals surface area contributed by atoms with Crippen molar-refractivity contribution in [3.63, 3.8) is 0 Å². The number of rotatable bonds is 5. The Morgan fingerprint density at radius 3 is 2.38 bits per heavy atom. The van der Waals surface area contributed by atoms with Crippen molar-refractivity contribution >= 4 is 11.9 Å². The second kappa shape index (κ2) is 6.70. The zero-order valence-corrected chi connectivity index (χ0v) is 11.8. The van der Waals surface area contributed by atoms with Crippen LogP contribution < -0.4 is 5.32 Å². The molecule has 2 aromatic rings. The molecule has 0 aliphatic rings. The van der Waals surface area contributed by atoms with E-state index in [4.69, 9.17) is 5.11 Å². The van der Waals surface area contributed by atoms with Gasteiger partial charge in [0.15, 0.2) is 0 Å². The first kappa shape index (κ1) is 14.8. The van der Waals surface area contributed by atoms with Gasteiger partial charge < -0.3 is 10.4 Å². The lowest BCUT2D eigenvalue weighted by Crippen LogP contribution is -2.22. The van der Waals surface area contributed by atoms with E-state index in [-0.39, 0.29) is 12.3 Å². The van der Waals surface area contributed by atoms with Gasteiger partial charge in [-0.3, -0.25) is 9.59 Å². The molecule has 0 fully saturated rings. The number of carboxylic acid groups (broad SMARTS) is 1. The van der Waals surface area contributed by atoms with Gasteiger partial charge in [0.25, 0.3) is 5.91 Å². The molecule has 0 aliphatic carbocycles. The highest BCUT2D eigenvalue weighted by Gasteiger charge is 2.06. The number of carbonyl (C=O) groups is 2. The highest BCUT2D eigenvalue weighted by molar-refractivity contribution is 5.95. The molecular formula is C17H17NO3. The van der Waals surface area contributed by atoms with Gasteiger partial charge in [0, 0.05) is 12.1 Å². The number of nitrogens with one attached hydrogen (secondary N) is 1. The highest BCUT2D eigenvalue weighted by atomic mass is 16.4. The minimum Gasteiger partial charge on any atom is -0.481 e. The van der Waals surface area contributed by atoms with E-state index in [9.17, 15) is 9.59 Å². The van der Waals surface area contributed by atoms with Gasteiger partial charge in [0.1, 0.15) is 0 Å². The van der Waals surface area contributed by atoms with E-state index >= 15 is 0 Å². The van der Waals surface area contributed by atoms with E-state index in [1.165, 1.54) is 0 Å². The molecule has 0 aliphatic heterocycles. The van der Waals surface area contributed by atoms with Gasteiger partial charge in [-0.05, 0) is 35.7 Å². The summed E-state index contributed by atoms with van der Waals surface area (Å²) in [6.07, 6.45) is 0.0131. The molecule has 0 bridgehead atoms. The van der Waals surface area contributed by atoms with E-state index in [2.05, 4.69) is 5.32 Å². The van der Waals surface area contributed by atoms with Crippen LogP contribution in [0.15, 0.2) is 48.5 Å². The Labute approximate surface area is 123 Å². The highest BCUT2D eigenvalue weighted by Crippen LogP contribution is 2.21. The third kappa shape index (κ3) is 3.92. The molecule has 4 nitrogen and oxygen atoms in total. The molecule has 0 aromatic heterocycles. The Morgan fingerprint density at radius 1 is 1.05 bits per heavy atom. The lowest BCUT2D eigenvalue weighted by molar-refractivity contribution is -0.136. The molecule has 0 spiro atoms. The quantitative estimate of drug-likeness (QED) is 0.886. The summed E-state index contributed by atoms with van der Waals surface area (Å²) < 4.78 is 0. The molecule has 2 rings (SSSR count). The van der Waals surface area contributed by atoms with Crippen LogP contribution in [0, 0.1) is 0 Å². The molecular weight excluding hydrogens is 266 g/mol. The van der Waals surface area contributed by atoms with Crippen molar-refractivity contribution in [2.75, 3.05) is 6.54 Å². The number of hydrogen-bond acceptors (Lipinski definition) is 2. The first-order valence-electron chi connectivity index (χ1n) is 6.79. The number of amides is 1. The molecule has 2 aromatic carbocycles. The van der Waals surface area contributed by atoms with Gasteiger partial charge in [-0.2, -0.15) is 0 Å². The van der Waals surface area contributed by atoms with Crippen LogP contribution in [0.5, 0.6) is 0 Å². The summed E-state index contributed by atoms with van der Waals surface area (Å²) in [5, 5.41) is 11.5. The van der Waals surface area contributed by atoms with Gasteiger partial charge in [-0.15, -0.1) is 0 Å². The zero-order chi connectivity index (χ0) is 15.2. The number of aliphatic carboxylic acids is 1. The fourth-order valence-corrected chi connectivity index (χ4v) is 2.09. The van der Waals surface area contributed by atoms with E-state index in [0.717, 1.165) is 16.7 Å². The Kier molecular flexibility index (Phi) is 4.72. The average molecular weight is 283 g/mol. The normalized spacial score (nSPS) is 10.1. The third-order valence-electron chi connectivity index (χ3n) is 3.10. The van der Waals surface area contributed by atoms with Crippen molar-refractivity contribution in [3.8, 4) is 11.1 Å². The lowest BCUT2D eigenvalue weighted by atomic mass is 10.0. The first-order chi connectivity index (χ1) is 10.1. The van der Waals surface area contributed by atoms with Crippen LogP contribution in [-0.4, -0.2) is 23.5 Å². The summed E-state index contributed by atoms with van der Waals surface area (Å²) in [6.45, 7) is 2.47. The maximum Gasteiger partial charge on any atom is 0.307 e. The number of carboxylic acids is 1. The second-order valence-electron chi connectivity index (χ2n) is 4.71. The Morgan fingerprint density at radius 2 is 1.76 bits per heavy atom. The third-order valence-corrected chi connectivity index (χ3v) is 3.10. The van der Waals surface area contributed by atoms with Crippen molar-refractivity contribution in [1.82, 2.24) is 5.32 Å². The summed E-state index contributed by atoms with van der Waals surface area (Å²) in [6, 6.07) is 14.7. The molecule has 0 unspecified atom stereocenters. The lowest BCUT2D eigenvalue weighted by Gasteiger charge is -2.06. The number of carbonyl (C=O) groups excluding carboxylic acids is 1. The van der Waals surface area contributed by atoms with Crippen molar-refractivity contribution in [1.29, 1.82) is 0 Å². The molecule has 0 atom stereocenters. The van der Waals surface area contributed by atoms with E-state index < -0.39 is 5.97 Å². The van der Waals surface area contributed by atoms with Gasteiger partial charge in [0.2, 0.25) is 0 Å². The molecule has 0 saturated carbocycles. The summed E-state index contributed by atoms with van der Waals surface area (Å²) in [5.74, 6) is -0.942. The van der Waals surface area contributed by atoms with Gasteiger partial charge in [-0.25, -0.2) is 0 Å². The fraction of sp³-hybridized carbons (Fsp3) is 0.176. The van der Waals surface area contributed by atoms with Crippen LogP contribution in [-0.2, 0) is 11.2 Å². The van der Waals surface area contributed by atoms with Gasteiger partial charge in [-0.1, -0.05) is 36.4 Å². The van der Waals surface area contributed by atoms with Crippen molar-refractivity contribution in [2.45, 2.75) is 13.3 Å². The second-order valence-corrected chi connectivity index (χ2v) is 4.71. The van der Waals surface area contributed by atoms with E-state index in [1.54, 1.807) is 18.2 Å². The molecule has 0 heterocycles. The molecule has 1 amide bonds. The predicted octanol–water partition coefficient (Wildman–Crippen LogP) is 2.73. The maximum atomic E-state index is 11.8. The van der Waals surface area contributed by atoms with E-state index in [1.807, 2.05) is 37.3 Å². The molecule has 0 saturated heterocycles. The summed E-state index contributed by atoms with van der Waals surface area (Å²) >= 11 is 0. The van der Waals surface area contributed by atoms with Crippen molar-refractivity contribution < 1.29 is 14.7 Å². The van der Waals surface area contributed by atoms with Crippen LogP contribution in [0.2, 0.25) is 0 Å². The van der Waals surface area contributed by atoms with Crippen molar-refractivity contribution in [2.24, 2.45) is 0 Å². The predicted molar refractivity (Wildman–Crippen MR) is 81.2 cm³/mol. The number of hydrogen-bond donors (Lipinski definition) is 2. The fourth-order valence-electron chi connectivity index (χ4n) is 2.09. The van der Waals surface area contributed by atoms with Crippen LogP contribution >= 0.6 is 0 Å². The topological polar surface area (TPSA) is 66.4 Å². The Hall–Kier alpha value is -2.62. The minimum atomic E-state index is -0.846. The Balaban J connectivity index is 2.23. The van der Waals surface area contributed by atoms with Crippen LogP contribution in [0.25, 0.3) is 11.1 Å². The zero-order valence-electron chi connectivity index (χ0n) is 11.8. The average Bonchev–Trinajstić information content (AvgIpc) is 2.48. The first-order valence-corrected chi connectivity index (χ1v) is 6.79. The molecule has 4 heteroatoms. The Bertz CT molecular complexity index is 647. The van der Waals surface area contributed by atoms with Gasteiger partial charge >= 0.3 is 5.97 Å².